The molecular formula is C20H27NO8. The fourth-order valence-electron chi connectivity index (χ4n) is 3.94. The highest BCUT2D eigenvalue weighted by Crippen LogP contribution is 2.44. The maximum absolute atomic E-state index is 13.2. The van der Waals surface area contributed by atoms with Gasteiger partial charge < -0.3 is 38.5 Å². The van der Waals surface area contributed by atoms with Gasteiger partial charge in [0, 0.05) is 6.07 Å². The van der Waals surface area contributed by atoms with Crippen molar-refractivity contribution in [3.63, 3.8) is 0 Å². The minimum atomic E-state index is -0.962. The fourth-order valence-corrected chi connectivity index (χ4v) is 3.94. The first-order chi connectivity index (χ1) is 13.6. The number of hydrogen-bond donors (Lipinski definition) is 1. The molecule has 3 aliphatic rings. The molecule has 0 unspecified atom stereocenters. The SMILES string of the molecule is COc1ccc(OC)c(NC(=O)[C@@H]2O[C@@H]3OC(C)(C)O[C@@H]3[C@@H]3OC(C)(C)O[C@@H]32)c1. The molecule has 0 aromatic heterocycles. The molecule has 9 heteroatoms. The molecular weight excluding hydrogens is 382 g/mol. The highest BCUT2D eigenvalue weighted by atomic mass is 16.9. The smallest absolute Gasteiger partial charge is 0.256 e. The van der Waals surface area contributed by atoms with Crippen LogP contribution >= 0.6 is 0 Å². The Balaban J connectivity index is 1.60. The third-order valence-electron chi connectivity index (χ3n) is 5.08. The lowest BCUT2D eigenvalue weighted by Crippen LogP contribution is -2.58. The number of carbonyl (C=O) groups is 1. The number of carbonyl (C=O) groups excluding carboxylic acids is 1. The summed E-state index contributed by atoms with van der Waals surface area (Å²) in [5, 5.41) is 2.85. The standard InChI is InChI=1S/C20H27NO8/c1-19(2)26-13-14(27-19)16-18(29-20(3,4)28-16)25-15(13)17(22)21-11-9-10(23-5)7-8-12(11)24-6/h7-9,13-16,18H,1-6H3,(H,21,22)/t13-,14+,15+,16+,18+/m0/s1. The second kappa shape index (κ2) is 7.10. The average Bonchev–Trinajstić information content (AvgIpc) is 3.14. The Kier molecular flexibility index (Phi) is 4.99. The highest BCUT2D eigenvalue weighted by Gasteiger charge is 2.62. The zero-order valence-corrected chi connectivity index (χ0v) is 17.4. The van der Waals surface area contributed by atoms with Crippen LogP contribution in [0.1, 0.15) is 27.7 Å². The first-order valence-electron chi connectivity index (χ1n) is 9.52. The van der Waals surface area contributed by atoms with Gasteiger partial charge in [-0.25, -0.2) is 0 Å². The van der Waals surface area contributed by atoms with Crippen molar-refractivity contribution in [2.75, 3.05) is 19.5 Å². The Hall–Kier alpha value is -1.91. The molecule has 4 rings (SSSR count). The van der Waals surface area contributed by atoms with Crippen LogP contribution in [-0.2, 0) is 28.5 Å². The summed E-state index contributed by atoms with van der Waals surface area (Å²) in [6, 6.07) is 5.13. The Morgan fingerprint density at radius 1 is 0.931 bits per heavy atom. The lowest BCUT2D eigenvalue weighted by Gasteiger charge is -2.36. The Morgan fingerprint density at radius 2 is 1.59 bits per heavy atom. The van der Waals surface area contributed by atoms with Crippen LogP contribution in [0, 0.1) is 0 Å². The van der Waals surface area contributed by atoms with E-state index in [-0.39, 0.29) is 0 Å². The Labute approximate surface area is 169 Å². The van der Waals surface area contributed by atoms with Crippen molar-refractivity contribution < 1.29 is 38.0 Å². The van der Waals surface area contributed by atoms with Gasteiger partial charge in [-0.3, -0.25) is 4.79 Å². The number of amides is 1. The molecule has 0 saturated carbocycles. The average molecular weight is 409 g/mol. The van der Waals surface area contributed by atoms with E-state index in [1.165, 1.54) is 7.11 Å². The van der Waals surface area contributed by atoms with Crippen LogP contribution in [0.2, 0.25) is 0 Å². The molecule has 3 heterocycles. The second-order valence-corrected chi connectivity index (χ2v) is 8.15. The largest absolute Gasteiger partial charge is 0.497 e. The van der Waals surface area contributed by atoms with Crippen molar-refractivity contribution in [3.05, 3.63) is 18.2 Å². The van der Waals surface area contributed by atoms with E-state index in [1.807, 2.05) is 0 Å². The van der Waals surface area contributed by atoms with E-state index in [0.717, 1.165) is 0 Å². The number of hydrogen-bond acceptors (Lipinski definition) is 8. The molecule has 29 heavy (non-hydrogen) atoms. The first-order valence-corrected chi connectivity index (χ1v) is 9.52. The van der Waals surface area contributed by atoms with Crippen molar-refractivity contribution in [1.29, 1.82) is 0 Å². The number of anilines is 1. The van der Waals surface area contributed by atoms with Gasteiger partial charge in [0.15, 0.2) is 24.0 Å². The molecule has 5 atom stereocenters. The van der Waals surface area contributed by atoms with Crippen LogP contribution in [0.5, 0.6) is 11.5 Å². The third kappa shape index (κ3) is 3.80. The molecule has 1 aromatic rings. The molecule has 9 nitrogen and oxygen atoms in total. The van der Waals surface area contributed by atoms with Gasteiger partial charge in [0.1, 0.15) is 29.8 Å². The summed E-state index contributed by atoms with van der Waals surface area (Å²) in [4.78, 5) is 13.2. The molecule has 1 aromatic carbocycles. The van der Waals surface area contributed by atoms with E-state index >= 15 is 0 Å². The van der Waals surface area contributed by atoms with Crippen molar-refractivity contribution in [3.8, 4) is 11.5 Å². The predicted octanol–water partition coefficient (Wildman–Crippen LogP) is 2.04. The third-order valence-corrected chi connectivity index (χ3v) is 5.08. The number of benzene rings is 1. The van der Waals surface area contributed by atoms with Gasteiger partial charge in [0.05, 0.1) is 19.9 Å². The number of nitrogens with one attached hydrogen (secondary N) is 1. The van der Waals surface area contributed by atoms with E-state index < -0.39 is 48.2 Å². The van der Waals surface area contributed by atoms with Crippen molar-refractivity contribution in [2.24, 2.45) is 0 Å². The summed E-state index contributed by atoms with van der Waals surface area (Å²) in [6.45, 7) is 7.17. The zero-order valence-electron chi connectivity index (χ0n) is 17.4. The number of ether oxygens (including phenoxy) is 7. The van der Waals surface area contributed by atoms with Gasteiger partial charge in [-0.05, 0) is 39.8 Å². The summed E-state index contributed by atoms with van der Waals surface area (Å²) >= 11 is 0. The molecule has 1 N–H and O–H groups in total. The molecule has 0 aliphatic carbocycles. The molecule has 0 bridgehead atoms. The molecule has 160 valence electrons. The topological polar surface area (TPSA) is 93.7 Å². The van der Waals surface area contributed by atoms with Gasteiger partial charge in [0.2, 0.25) is 0 Å². The maximum atomic E-state index is 13.2. The van der Waals surface area contributed by atoms with Crippen LogP contribution in [-0.4, -0.2) is 62.4 Å². The fraction of sp³-hybridized carbons (Fsp3) is 0.650. The summed E-state index contributed by atoms with van der Waals surface area (Å²) in [6.07, 6.45) is -3.36. The summed E-state index contributed by atoms with van der Waals surface area (Å²) in [5.41, 5.74) is 0.459. The summed E-state index contributed by atoms with van der Waals surface area (Å²) in [5.74, 6) is -1.05. The Bertz CT molecular complexity index is 795. The normalized spacial score (nSPS) is 34.2. The van der Waals surface area contributed by atoms with Gasteiger partial charge >= 0.3 is 0 Å². The minimum absolute atomic E-state index is 0.403. The lowest BCUT2D eigenvalue weighted by atomic mass is 9.98. The summed E-state index contributed by atoms with van der Waals surface area (Å²) < 4.78 is 40.4. The molecule has 3 saturated heterocycles. The highest BCUT2D eigenvalue weighted by molar-refractivity contribution is 5.96. The summed E-state index contributed by atoms with van der Waals surface area (Å²) in [7, 11) is 3.07. The van der Waals surface area contributed by atoms with Crippen LogP contribution in [0.25, 0.3) is 0 Å². The van der Waals surface area contributed by atoms with Crippen LogP contribution in [0.15, 0.2) is 18.2 Å². The van der Waals surface area contributed by atoms with E-state index in [4.69, 9.17) is 33.2 Å². The van der Waals surface area contributed by atoms with Gasteiger partial charge in [-0.1, -0.05) is 0 Å². The van der Waals surface area contributed by atoms with E-state index in [2.05, 4.69) is 5.32 Å². The van der Waals surface area contributed by atoms with Crippen LogP contribution in [0.4, 0.5) is 5.69 Å². The maximum Gasteiger partial charge on any atom is 0.256 e. The number of rotatable bonds is 4. The quantitative estimate of drug-likeness (QED) is 0.808. The Morgan fingerprint density at radius 3 is 2.28 bits per heavy atom. The van der Waals surface area contributed by atoms with Crippen molar-refractivity contribution in [1.82, 2.24) is 0 Å². The first kappa shape index (κ1) is 20.4. The predicted molar refractivity (Wildman–Crippen MR) is 101 cm³/mol. The van der Waals surface area contributed by atoms with Gasteiger partial charge in [-0.2, -0.15) is 0 Å². The molecule has 1 amide bonds. The minimum Gasteiger partial charge on any atom is -0.497 e. The lowest BCUT2D eigenvalue weighted by molar-refractivity contribution is -0.229. The number of methoxy groups -OCH3 is 2. The van der Waals surface area contributed by atoms with E-state index in [1.54, 1.807) is 53.0 Å². The van der Waals surface area contributed by atoms with Crippen LogP contribution < -0.4 is 14.8 Å². The molecule has 0 radical (unpaired) electrons. The van der Waals surface area contributed by atoms with Crippen molar-refractivity contribution >= 4 is 11.6 Å². The number of fused-ring (bicyclic) bond motifs is 3. The second-order valence-electron chi connectivity index (χ2n) is 8.15. The van der Waals surface area contributed by atoms with Crippen LogP contribution in [0.3, 0.4) is 0 Å². The molecule has 3 aliphatic heterocycles. The monoisotopic (exact) mass is 409 g/mol. The molecule has 3 fully saturated rings. The van der Waals surface area contributed by atoms with Crippen molar-refractivity contribution in [2.45, 2.75) is 70.0 Å². The van der Waals surface area contributed by atoms with Gasteiger partial charge in [0.25, 0.3) is 5.91 Å². The van der Waals surface area contributed by atoms with Gasteiger partial charge in [-0.15, -0.1) is 0 Å². The zero-order chi connectivity index (χ0) is 21.0. The van der Waals surface area contributed by atoms with E-state index in [0.29, 0.717) is 17.2 Å². The van der Waals surface area contributed by atoms with E-state index in [9.17, 15) is 4.79 Å². The molecule has 0 spiro atoms.